The summed E-state index contributed by atoms with van der Waals surface area (Å²) in [5.74, 6) is -2.21. The molecule has 1 aromatic rings. The molecule has 1 fully saturated rings. The van der Waals surface area contributed by atoms with E-state index in [1.165, 1.54) is 11.9 Å². The maximum atomic E-state index is 14.8. The number of likely N-dealkylation sites (tertiary alicyclic amines) is 1. The van der Waals surface area contributed by atoms with Gasteiger partial charge in [-0.15, -0.1) is 0 Å². The highest BCUT2D eigenvalue weighted by atomic mass is 32.2. The number of piperidine rings is 1. The smallest absolute Gasteiger partial charge is 0.410 e. The number of rotatable bonds is 6. The first-order chi connectivity index (χ1) is 14.2. The highest BCUT2D eigenvalue weighted by molar-refractivity contribution is 7.89. The minimum absolute atomic E-state index is 0.00551. The normalized spacial score (nSPS) is 16.8. The minimum Gasteiger partial charge on any atom is -0.461 e. The van der Waals surface area contributed by atoms with Gasteiger partial charge in [-0.1, -0.05) is 0 Å². The van der Waals surface area contributed by atoms with Gasteiger partial charge in [0.2, 0.25) is 10.0 Å². The maximum Gasteiger partial charge on any atom is 0.410 e. The Hall–Kier alpha value is -2.18. The third-order valence-corrected chi connectivity index (χ3v) is 6.44. The average Bonchev–Trinajstić information content (AvgIpc) is 2.96. The number of hydrogen-bond donors (Lipinski definition) is 2. The number of sulfonamides is 1. The van der Waals surface area contributed by atoms with Crippen LogP contribution in [0.1, 0.15) is 51.0 Å². The molecule has 0 bridgehead atoms. The number of aliphatic hydroxyl groups excluding tert-OH is 1. The lowest BCUT2D eigenvalue weighted by Gasteiger charge is -2.41. The van der Waals surface area contributed by atoms with Crippen LogP contribution in [0.3, 0.4) is 0 Å². The van der Waals surface area contributed by atoms with E-state index in [1.54, 1.807) is 27.7 Å². The quantitative estimate of drug-likeness (QED) is 0.610. The van der Waals surface area contributed by atoms with Crippen LogP contribution in [0.25, 0.3) is 0 Å². The topological polar surface area (TPSA) is 127 Å². The van der Waals surface area contributed by atoms with E-state index >= 15 is 0 Å². The van der Waals surface area contributed by atoms with Crippen molar-refractivity contribution in [3.05, 3.63) is 17.7 Å². The van der Waals surface area contributed by atoms with Gasteiger partial charge in [-0.25, -0.2) is 27.1 Å². The van der Waals surface area contributed by atoms with Crippen LogP contribution < -0.4 is 4.72 Å². The lowest BCUT2D eigenvalue weighted by molar-refractivity contribution is 0.0118. The van der Waals surface area contributed by atoms with E-state index in [9.17, 15) is 27.5 Å². The Bertz CT molecular complexity index is 929. The third-order valence-electron chi connectivity index (χ3n) is 4.87. The zero-order chi connectivity index (χ0) is 23.6. The van der Waals surface area contributed by atoms with Crippen molar-refractivity contribution in [2.75, 3.05) is 26.3 Å². The molecule has 1 aliphatic heterocycles. The number of aryl methyl sites for hydroxylation is 1. The van der Waals surface area contributed by atoms with Crippen molar-refractivity contribution in [3.8, 4) is 0 Å². The van der Waals surface area contributed by atoms with Crippen molar-refractivity contribution in [2.45, 2.75) is 56.6 Å². The Morgan fingerprint density at radius 3 is 2.35 bits per heavy atom. The van der Waals surface area contributed by atoms with Gasteiger partial charge in [0.05, 0.1) is 18.8 Å². The molecule has 1 saturated heterocycles. The third kappa shape index (κ3) is 5.74. The van der Waals surface area contributed by atoms with Gasteiger partial charge in [-0.3, -0.25) is 0 Å². The number of carbonyl (C=O) groups is 2. The Labute approximate surface area is 181 Å². The Morgan fingerprint density at radius 1 is 1.29 bits per heavy atom. The van der Waals surface area contributed by atoms with Gasteiger partial charge in [-0.05, 0) is 40.5 Å². The molecule has 2 heterocycles. The van der Waals surface area contributed by atoms with Crippen molar-refractivity contribution in [3.63, 3.8) is 0 Å². The molecule has 0 saturated carbocycles. The predicted octanol–water partition coefficient (Wildman–Crippen LogP) is 1.38. The molecule has 0 radical (unpaired) electrons. The van der Waals surface area contributed by atoms with Crippen molar-refractivity contribution in [1.82, 2.24) is 14.2 Å². The number of hydrogen-bond acceptors (Lipinski definition) is 7. The number of aromatic nitrogens is 1. The number of esters is 1. The molecule has 0 spiro atoms. The second kappa shape index (κ2) is 9.13. The number of carbonyl (C=O) groups excluding carboxylic acids is 2. The Balaban J connectivity index is 2.20. The van der Waals surface area contributed by atoms with E-state index in [1.807, 2.05) is 0 Å². The first kappa shape index (κ1) is 25.1. The zero-order valence-electron chi connectivity index (χ0n) is 18.4. The lowest BCUT2D eigenvalue weighted by Crippen LogP contribution is -2.58. The highest BCUT2D eigenvalue weighted by Crippen LogP contribution is 2.28. The molecule has 2 rings (SSSR count). The number of aliphatic hydroxyl groups is 1. The molecule has 1 aliphatic rings. The van der Waals surface area contributed by atoms with Crippen molar-refractivity contribution < 1.29 is 37.0 Å². The van der Waals surface area contributed by atoms with Crippen LogP contribution in [-0.4, -0.2) is 72.5 Å². The molecule has 1 amide bonds. The fourth-order valence-electron chi connectivity index (χ4n) is 3.27. The molecule has 31 heavy (non-hydrogen) atoms. The summed E-state index contributed by atoms with van der Waals surface area (Å²) >= 11 is 0. The molecule has 12 heteroatoms. The minimum atomic E-state index is -4.43. The van der Waals surface area contributed by atoms with Crippen molar-refractivity contribution in [1.29, 1.82) is 0 Å². The molecule has 0 aliphatic carbocycles. The molecule has 176 valence electrons. The largest absolute Gasteiger partial charge is 0.461 e. The SMILES string of the molecule is CCOC(=O)c1c(F)c(S(=O)(=O)NC2(CO)CCN(C(=O)OC(C)(C)C)CC2)cn1C. The summed E-state index contributed by atoms with van der Waals surface area (Å²) in [6.07, 6.45) is 0.641. The summed E-state index contributed by atoms with van der Waals surface area (Å²) in [7, 11) is -3.10. The standard InChI is InChI=1S/C19H30FN3O7S/c1-6-29-16(25)15-14(20)13(11-22(15)5)31(27,28)21-19(12-24)7-9-23(10-8-19)17(26)30-18(2,3)4/h11,21,24H,6-10,12H2,1-5H3. The number of ether oxygens (including phenoxy) is 2. The van der Waals surface area contributed by atoms with E-state index in [0.717, 1.165) is 10.8 Å². The summed E-state index contributed by atoms with van der Waals surface area (Å²) in [6.45, 7) is 6.50. The lowest BCUT2D eigenvalue weighted by atomic mass is 9.90. The number of nitrogens with one attached hydrogen (secondary N) is 1. The number of amides is 1. The fraction of sp³-hybridized carbons (Fsp3) is 0.684. The monoisotopic (exact) mass is 463 g/mol. The van der Waals surface area contributed by atoms with Crippen LogP contribution in [0.4, 0.5) is 9.18 Å². The Morgan fingerprint density at radius 2 is 1.87 bits per heavy atom. The van der Waals surface area contributed by atoms with Gasteiger partial charge < -0.3 is 24.0 Å². The fourth-order valence-corrected chi connectivity index (χ4v) is 4.84. The molecule has 0 aromatic carbocycles. The van der Waals surface area contributed by atoms with E-state index < -0.39 is 56.2 Å². The molecule has 2 N–H and O–H groups in total. The summed E-state index contributed by atoms with van der Waals surface area (Å²) in [4.78, 5) is 24.9. The number of nitrogens with zero attached hydrogens (tertiary/aromatic N) is 2. The van der Waals surface area contributed by atoms with E-state index in [2.05, 4.69) is 4.72 Å². The van der Waals surface area contributed by atoms with Gasteiger partial charge in [0.15, 0.2) is 11.5 Å². The van der Waals surface area contributed by atoms with Crippen LogP contribution in [0.15, 0.2) is 11.1 Å². The molecule has 0 atom stereocenters. The van der Waals surface area contributed by atoms with E-state index in [-0.39, 0.29) is 32.5 Å². The highest BCUT2D eigenvalue weighted by Gasteiger charge is 2.41. The second-order valence-corrected chi connectivity index (χ2v) is 10.1. The Kier molecular flexibility index (Phi) is 7.39. The van der Waals surface area contributed by atoms with Crippen LogP contribution in [0, 0.1) is 5.82 Å². The predicted molar refractivity (Wildman–Crippen MR) is 109 cm³/mol. The van der Waals surface area contributed by atoms with Gasteiger partial charge in [0, 0.05) is 26.3 Å². The molecule has 1 aromatic heterocycles. The molecule has 10 nitrogen and oxygen atoms in total. The van der Waals surface area contributed by atoms with Gasteiger partial charge in [0.25, 0.3) is 0 Å². The summed E-state index contributed by atoms with van der Waals surface area (Å²) in [5, 5.41) is 9.92. The first-order valence-electron chi connectivity index (χ1n) is 9.90. The number of halogens is 1. The second-order valence-electron chi connectivity index (χ2n) is 8.50. The van der Waals surface area contributed by atoms with Crippen molar-refractivity contribution in [2.24, 2.45) is 7.05 Å². The average molecular weight is 464 g/mol. The summed E-state index contributed by atoms with van der Waals surface area (Å²) < 4.78 is 54.1. The van der Waals surface area contributed by atoms with Gasteiger partial charge in [-0.2, -0.15) is 0 Å². The summed E-state index contributed by atoms with van der Waals surface area (Å²) in [5.41, 5.74) is -2.48. The maximum absolute atomic E-state index is 14.8. The van der Waals surface area contributed by atoms with E-state index in [4.69, 9.17) is 9.47 Å². The van der Waals surface area contributed by atoms with Gasteiger partial charge in [0.1, 0.15) is 10.5 Å². The van der Waals surface area contributed by atoms with Gasteiger partial charge >= 0.3 is 12.1 Å². The zero-order valence-corrected chi connectivity index (χ0v) is 19.2. The molecular formula is C19H30FN3O7S. The summed E-state index contributed by atoms with van der Waals surface area (Å²) in [6, 6.07) is 0. The molecular weight excluding hydrogens is 433 g/mol. The molecule has 0 unspecified atom stereocenters. The van der Waals surface area contributed by atoms with Crippen LogP contribution in [0.5, 0.6) is 0 Å². The first-order valence-corrected chi connectivity index (χ1v) is 11.4. The van der Waals surface area contributed by atoms with E-state index in [0.29, 0.717) is 0 Å². The van der Waals surface area contributed by atoms with Crippen LogP contribution in [-0.2, 0) is 26.5 Å². The van der Waals surface area contributed by atoms with Crippen LogP contribution >= 0.6 is 0 Å². The van der Waals surface area contributed by atoms with Crippen LogP contribution in [0.2, 0.25) is 0 Å². The van der Waals surface area contributed by atoms with Crippen molar-refractivity contribution >= 4 is 22.1 Å².